The topological polar surface area (TPSA) is 29.9 Å². The van der Waals surface area contributed by atoms with Gasteiger partial charge in [-0.05, 0) is 25.9 Å². The molecule has 1 aromatic rings. The summed E-state index contributed by atoms with van der Waals surface area (Å²) in [7, 11) is 0. The summed E-state index contributed by atoms with van der Waals surface area (Å²) in [6.45, 7) is 6.49. The first-order valence-electron chi connectivity index (χ1n) is 5.63. The van der Waals surface area contributed by atoms with Crippen LogP contribution in [0.15, 0.2) is 6.20 Å². The zero-order chi connectivity index (χ0) is 10.8. The van der Waals surface area contributed by atoms with Crippen molar-refractivity contribution in [3.05, 3.63) is 17.2 Å². The van der Waals surface area contributed by atoms with Gasteiger partial charge in [-0.3, -0.25) is 0 Å². The van der Waals surface area contributed by atoms with Crippen LogP contribution in [0.3, 0.4) is 0 Å². The molecular weight excluding hydrogens is 210 g/mol. The molecule has 3 nitrogen and oxygen atoms in total. The molecule has 2 rings (SSSR count). The highest BCUT2D eigenvalue weighted by atomic mass is 35.5. The summed E-state index contributed by atoms with van der Waals surface area (Å²) in [5.74, 6) is 1.55. The molecule has 1 fully saturated rings. The van der Waals surface area contributed by atoms with Crippen LogP contribution in [-0.4, -0.2) is 22.6 Å². The maximum absolute atomic E-state index is 6.20. The lowest BCUT2D eigenvalue weighted by molar-refractivity contribution is 0.357. The van der Waals surface area contributed by atoms with Gasteiger partial charge in [0.25, 0.3) is 0 Å². The number of hydrogen-bond acceptors (Lipinski definition) is 2. The summed E-state index contributed by atoms with van der Waals surface area (Å²) in [6.07, 6.45) is 4.07. The van der Waals surface area contributed by atoms with Crippen molar-refractivity contribution in [2.24, 2.45) is 0 Å². The van der Waals surface area contributed by atoms with Crippen LogP contribution in [0, 0.1) is 0 Å². The predicted molar refractivity (Wildman–Crippen MR) is 62.5 cm³/mol. The summed E-state index contributed by atoms with van der Waals surface area (Å²) in [5, 5.41) is 4.15. The van der Waals surface area contributed by atoms with Gasteiger partial charge in [0.05, 0.1) is 6.20 Å². The Hall–Kier alpha value is -0.540. The lowest BCUT2D eigenvalue weighted by Gasteiger charge is -2.27. The number of imidazole rings is 1. The third kappa shape index (κ3) is 2.18. The minimum absolute atomic E-state index is 0.437. The van der Waals surface area contributed by atoms with Crippen molar-refractivity contribution in [2.45, 2.75) is 38.6 Å². The molecule has 1 aliphatic rings. The monoisotopic (exact) mass is 227 g/mol. The van der Waals surface area contributed by atoms with Crippen molar-refractivity contribution < 1.29 is 0 Å². The predicted octanol–water partition coefficient (Wildman–Crippen LogP) is 2.58. The van der Waals surface area contributed by atoms with Crippen LogP contribution in [0.2, 0.25) is 5.15 Å². The highest BCUT2D eigenvalue weighted by molar-refractivity contribution is 6.29. The largest absolute Gasteiger partial charge is 0.317 e. The first kappa shape index (κ1) is 11.0. The molecule has 0 atom stereocenters. The van der Waals surface area contributed by atoms with Crippen LogP contribution >= 0.6 is 11.6 Å². The van der Waals surface area contributed by atoms with Crippen molar-refractivity contribution in [1.82, 2.24) is 14.9 Å². The molecule has 1 aliphatic heterocycles. The number of nitrogens with zero attached hydrogens (tertiary/aromatic N) is 2. The average Bonchev–Trinajstić information content (AvgIpc) is 2.61. The Morgan fingerprint density at radius 2 is 2.13 bits per heavy atom. The van der Waals surface area contributed by atoms with Gasteiger partial charge in [0.15, 0.2) is 0 Å². The van der Waals surface area contributed by atoms with Crippen LogP contribution in [-0.2, 0) is 0 Å². The van der Waals surface area contributed by atoms with E-state index in [1.807, 2.05) is 0 Å². The lowest BCUT2D eigenvalue weighted by atomic mass is 10.1. The first-order valence-corrected chi connectivity index (χ1v) is 6.01. The van der Waals surface area contributed by atoms with Crippen molar-refractivity contribution in [3.63, 3.8) is 0 Å². The molecule has 15 heavy (non-hydrogen) atoms. The molecule has 1 aromatic heterocycles. The fourth-order valence-electron chi connectivity index (χ4n) is 2.21. The van der Waals surface area contributed by atoms with Crippen LogP contribution in [0.4, 0.5) is 0 Å². The molecule has 4 heteroatoms. The van der Waals surface area contributed by atoms with Gasteiger partial charge >= 0.3 is 0 Å². The quantitative estimate of drug-likeness (QED) is 0.842. The summed E-state index contributed by atoms with van der Waals surface area (Å²) >= 11 is 6.20. The van der Waals surface area contributed by atoms with Crippen molar-refractivity contribution >= 4 is 11.6 Å². The van der Waals surface area contributed by atoms with Crippen molar-refractivity contribution in [3.8, 4) is 0 Å². The molecule has 0 saturated carbocycles. The minimum atomic E-state index is 0.437. The Morgan fingerprint density at radius 3 is 2.73 bits per heavy atom. The summed E-state index contributed by atoms with van der Waals surface area (Å²) in [6, 6.07) is 0.527. The molecular formula is C11H18ClN3. The van der Waals surface area contributed by atoms with E-state index in [0.717, 1.165) is 36.9 Å². The first-order chi connectivity index (χ1) is 7.20. The number of halogens is 1. The highest BCUT2D eigenvalue weighted by Gasteiger charge is 2.21. The number of rotatable bonds is 2. The fourth-order valence-corrected chi connectivity index (χ4v) is 2.48. The normalized spacial score (nSPS) is 18.7. The molecule has 1 saturated heterocycles. The van der Waals surface area contributed by atoms with E-state index in [4.69, 9.17) is 11.6 Å². The second kappa shape index (κ2) is 4.54. The van der Waals surface area contributed by atoms with Gasteiger partial charge in [-0.2, -0.15) is 0 Å². The van der Waals surface area contributed by atoms with Crippen molar-refractivity contribution in [1.29, 1.82) is 0 Å². The van der Waals surface area contributed by atoms with E-state index in [1.165, 1.54) is 0 Å². The summed E-state index contributed by atoms with van der Waals surface area (Å²) in [5.41, 5.74) is 0. The second-order valence-electron chi connectivity index (χ2n) is 4.44. The molecule has 0 aliphatic carbocycles. The Kier molecular flexibility index (Phi) is 3.32. The van der Waals surface area contributed by atoms with Gasteiger partial charge in [-0.15, -0.1) is 0 Å². The van der Waals surface area contributed by atoms with Gasteiger partial charge in [-0.1, -0.05) is 25.4 Å². The zero-order valence-corrected chi connectivity index (χ0v) is 10.1. The average molecular weight is 228 g/mol. The molecule has 1 N–H and O–H groups in total. The van der Waals surface area contributed by atoms with Crippen molar-refractivity contribution in [2.75, 3.05) is 13.1 Å². The molecule has 0 amide bonds. The van der Waals surface area contributed by atoms with Gasteiger partial charge in [0.1, 0.15) is 11.0 Å². The maximum Gasteiger partial charge on any atom is 0.129 e. The highest BCUT2D eigenvalue weighted by Crippen LogP contribution is 2.28. The Balaban J connectivity index is 2.28. The molecule has 0 bridgehead atoms. The van der Waals surface area contributed by atoms with Crippen LogP contribution in [0.25, 0.3) is 0 Å². The standard InChI is InChI=1S/C11H18ClN3/c1-8(2)11-14-7-10(12)15(11)9-3-5-13-6-4-9/h7-9,13H,3-6H2,1-2H3. The van der Waals surface area contributed by atoms with Crippen LogP contribution < -0.4 is 5.32 Å². The smallest absolute Gasteiger partial charge is 0.129 e. The van der Waals surface area contributed by atoms with E-state index in [9.17, 15) is 0 Å². The molecule has 0 unspecified atom stereocenters. The molecule has 2 heterocycles. The fraction of sp³-hybridized carbons (Fsp3) is 0.727. The Morgan fingerprint density at radius 1 is 1.47 bits per heavy atom. The van der Waals surface area contributed by atoms with Gasteiger partial charge < -0.3 is 9.88 Å². The number of piperidine rings is 1. The third-order valence-corrected chi connectivity index (χ3v) is 3.25. The number of nitrogens with one attached hydrogen (secondary N) is 1. The van der Waals surface area contributed by atoms with Gasteiger partial charge in [0.2, 0.25) is 0 Å². The Labute approximate surface area is 95.8 Å². The van der Waals surface area contributed by atoms with E-state index in [0.29, 0.717) is 12.0 Å². The van der Waals surface area contributed by atoms with E-state index in [1.54, 1.807) is 6.20 Å². The van der Waals surface area contributed by atoms with E-state index in [2.05, 4.69) is 28.7 Å². The maximum atomic E-state index is 6.20. The molecule has 0 spiro atoms. The SMILES string of the molecule is CC(C)c1ncc(Cl)n1C1CCNCC1. The molecule has 84 valence electrons. The van der Waals surface area contributed by atoms with Crippen LogP contribution in [0.5, 0.6) is 0 Å². The zero-order valence-electron chi connectivity index (χ0n) is 9.33. The van der Waals surface area contributed by atoms with Gasteiger partial charge in [0, 0.05) is 12.0 Å². The molecule has 0 aromatic carbocycles. The van der Waals surface area contributed by atoms with Crippen LogP contribution in [0.1, 0.15) is 44.5 Å². The number of hydrogen-bond donors (Lipinski definition) is 1. The summed E-state index contributed by atoms with van der Waals surface area (Å²) in [4.78, 5) is 4.40. The minimum Gasteiger partial charge on any atom is -0.317 e. The van der Waals surface area contributed by atoms with E-state index < -0.39 is 0 Å². The Bertz CT molecular complexity index is 327. The molecule has 0 radical (unpaired) electrons. The third-order valence-electron chi connectivity index (χ3n) is 2.97. The summed E-state index contributed by atoms with van der Waals surface area (Å²) < 4.78 is 2.22. The van der Waals surface area contributed by atoms with E-state index in [-0.39, 0.29) is 0 Å². The number of aromatic nitrogens is 2. The van der Waals surface area contributed by atoms with E-state index >= 15 is 0 Å². The van der Waals surface area contributed by atoms with Gasteiger partial charge in [-0.25, -0.2) is 4.98 Å². The second-order valence-corrected chi connectivity index (χ2v) is 4.83. The lowest BCUT2D eigenvalue weighted by Crippen LogP contribution is -2.30.